The van der Waals surface area contributed by atoms with E-state index < -0.39 is 23.2 Å². The summed E-state index contributed by atoms with van der Waals surface area (Å²) in [6.45, 7) is 3.56. The van der Waals surface area contributed by atoms with Crippen molar-refractivity contribution >= 4 is 29.7 Å². The van der Waals surface area contributed by atoms with Crippen molar-refractivity contribution in [3.05, 3.63) is 58.9 Å². The van der Waals surface area contributed by atoms with Crippen molar-refractivity contribution in [1.82, 2.24) is 0 Å². The Bertz CT molecular complexity index is 788. The number of hydrogen-bond acceptors (Lipinski definition) is 1. The summed E-state index contributed by atoms with van der Waals surface area (Å²) in [5.41, 5.74) is 5.96. The van der Waals surface area contributed by atoms with Crippen molar-refractivity contribution in [2.75, 3.05) is 5.32 Å². The summed E-state index contributed by atoms with van der Waals surface area (Å²) in [5.74, 6) is -0.990. The normalized spacial score (nSPS) is 11.8. The highest BCUT2D eigenvalue weighted by Gasteiger charge is 2.32. The number of aliphatic imine (C=N–C) groups is 1. The number of alkyl halides is 3. The van der Waals surface area contributed by atoms with E-state index in [1.165, 1.54) is 0 Å². The molecule has 0 fully saturated rings. The zero-order valence-corrected chi connectivity index (χ0v) is 15.1. The van der Waals surface area contributed by atoms with Crippen molar-refractivity contribution in [2.24, 2.45) is 10.7 Å². The molecule has 0 aliphatic heterocycles. The number of anilines is 1. The lowest BCUT2D eigenvalue weighted by Crippen LogP contribution is -2.22. The van der Waals surface area contributed by atoms with Gasteiger partial charge < -0.3 is 11.1 Å². The standard InChI is InChI=1S/C18H19F4N3.ClH/c1-3-11-6-5-7-14(8-11)24-17(23)25-15-10-13(18(20,21)22)9-12(4-2)16(15)19;/h5-10H,3-4H2,1-2H3,(H3,23,24,25);1H. The van der Waals surface area contributed by atoms with E-state index in [0.717, 1.165) is 18.1 Å². The van der Waals surface area contributed by atoms with Crippen LogP contribution in [0.2, 0.25) is 0 Å². The maximum atomic E-state index is 14.3. The first-order valence-corrected chi connectivity index (χ1v) is 7.84. The molecule has 3 nitrogen and oxygen atoms in total. The lowest BCUT2D eigenvalue weighted by molar-refractivity contribution is -0.137. The van der Waals surface area contributed by atoms with Crippen LogP contribution < -0.4 is 11.1 Å². The van der Waals surface area contributed by atoms with Gasteiger partial charge in [0.05, 0.1) is 5.56 Å². The van der Waals surface area contributed by atoms with Gasteiger partial charge in [0, 0.05) is 5.69 Å². The Morgan fingerprint density at radius 1 is 1.12 bits per heavy atom. The molecule has 0 aliphatic carbocycles. The third kappa shape index (κ3) is 5.36. The second kappa shape index (κ2) is 8.89. The van der Waals surface area contributed by atoms with Crippen molar-refractivity contribution in [2.45, 2.75) is 32.9 Å². The smallest absolute Gasteiger partial charge is 0.369 e. The van der Waals surface area contributed by atoms with E-state index in [0.29, 0.717) is 11.8 Å². The summed E-state index contributed by atoms with van der Waals surface area (Å²) >= 11 is 0. The quantitative estimate of drug-likeness (QED) is 0.415. The molecule has 0 saturated heterocycles. The summed E-state index contributed by atoms with van der Waals surface area (Å²) in [5, 5.41) is 2.77. The van der Waals surface area contributed by atoms with Gasteiger partial charge in [0.15, 0.2) is 11.8 Å². The molecule has 2 aromatic rings. The lowest BCUT2D eigenvalue weighted by Gasteiger charge is -2.12. The number of hydrogen-bond donors (Lipinski definition) is 2. The Balaban J connectivity index is 0.00000338. The molecule has 0 atom stereocenters. The Morgan fingerprint density at radius 3 is 2.38 bits per heavy atom. The third-order valence-corrected chi connectivity index (χ3v) is 3.69. The zero-order chi connectivity index (χ0) is 18.6. The molecule has 3 N–H and O–H groups in total. The highest BCUT2D eigenvalue weighted by Crippen LogP contribution is 2.34. The number of aryl methyl sites for hydroxylation is 2. The molecule has 0 saturated carbocycles. The van der Waals surface area contributed by atoms with Crippen LogP contribution in [-0.4, -0.2) is 5.96 Å². The second-order valence-corrected chi connectivity index (χ2v) is 5.50. The molecule has 0 aromatic heterocycles. The second-order valence-electron chi connectivity index (χ2n) is 5.50. The number of rotatable bonds is 4. The number of nitrogens with one attached hydrogen (secondary N) is 1. The molecule has 8 heteroatoms. The van der Waals surface area contributed by atoms with Crippen LogP contribution in [0.25, 0.3) is 0 Å². The minimum absolute atomic E-state index is 0. The fourth-order valence-corrected chi connectivity index (χ4v) is 2.34. The first-order valence-electron chi connectivity index (χ1n) is 7.84. The average Bonchev–Trinajstić information content (AvgIpc) is 2.55. The Hall–Kier alpha value is -2.28. The summed E-state index contributed by atoms with van der Waals surface area (Å²) in [6.07, 6.45) is -3.65. The van der Waals surface area contributed by atoms with Crippen LogP contribution >= 0.6 is 12.4 Å². The maximum absolute atomic E-state index is 14.3. The molecule has 0 radical (unpaired) electrons. The topological polar surface area (TPSA) is 50.4 Å². The van der Waals surface area contributed by atoms with Crippen LogP contribution in [0.3, 0.4) is 0 Å². The number of benzene rings is 2. The summed E-state index contributed by atoms with van der Waals surface area (Å²) < 4.78 is 53.2. The van der Waals surface area contributed by atoms with Crippen LogP contribution in [0, 0.1) is 5.82 Å². The number of halogens is 5. The SMILES string of the molecule is CCc1cccc(NC(N)=Nc2cc(C(F)(F)F)cc(CC)c2F)c1.Cl. The summed E-state index contributed by atoms with van der Waals surface area (Å²) in [4.78, 5) is 3.80. The predicted molar refractivity (Wildman–Crippen MR) is 98.8 cm³/mol. The Morgan fingerprint density at radius 2 is 1.81 bits per heavy atom. The fraction of sp³-hybridized carbons (Fsp3) is 0.278. The summed E-state index contributed by atoms with van der Waals surface area (Å²) in [7, 11) is 0. The van der Waals surface area contributed by atoms with Crippen LogP contribution in [0.4, 0.5) is 28.9 Å². The van der Waals surface area contributed by atoms with Gasteiger partial charge in [-0.3, -0.25) is 0 Å². The number of nitrogens with zero attached hydrogens (tertiary/aromatic N) is 1. The van der Waals surface area contributed by atoms with Crippen LogP contribution in [-0.2, 0) is 19.0 Å². The van der Waals surface area contributed by atoms with E-state index in [1.54, 1.807) is 13.0 Å². The van der Waals surface area contributed by atoms with E-state index in [4.69, 9.17) is 5.73 Å². The van der Waals surface area contributed by atoms with Gasteiger partial charge in [-0.2, -0.15) is 13.2 Å². The molecule has 2 aromatic carbocycles. The van der Waals surface area contributed by atoms with Crippen molar-refractivity contribution in [3.63, 3.8) is 0 Å². The molecule has 2 rings (SSSR count). The maximum Gasteiger partial charge on any atom is 0.416 e. The van der Waals surface area contributed by atoms with Crippen molar-refractivity contribution in [3.8, 4) is 0 Å². The van der Waals surface area contributed by atoms with Gasteiger partial charge in [0.25, 0.3) is 0 Å². The molecule has 0 unspecified atom stereocenters. The van der Waals surface area contributed by atoms with E-state index in [1.807, 2.05) is 25.1 Å². The molecular formula is C18H20ClF4N3. The Kier molecular flexibility index (Phi) is 7.44. The highest BCUT2D eigenvalue weighted by atomic mass is 35.5. The average molecular weight is 390 g/mol. The lowest BCUT2D eigenvalue weighted by atomic mass is 10.1. The number of guanidine groups is 1. The largest absolute Gasteiger partial charge is 0.416 e. The van der Waals surface area contributed by atoms with Gasteiger partial charge >= 0.3 is 6.18 Å². The molecule has 0 bridgehead atoms. The Labute approximate surface area is 155 Å². The van der Waals surface area contributed by atoms with Gasteiger partial charge in [-0.1, -0.05) is 26.0 Å². The molecule has 0 aliphatic rings. The van der Waals surface area contributed by atoms with E-state index in [9.17, 15) is 17.6 Å². The minimum atomic E-state index is -4.58. The van der Waals surface area contributed by atoms with Crippen molar-refractivity contribution < 1.29 is 17.6 Å². The molecular weight excluding hydrogens is 370 g/mol. The fourth-order valence-electron chi connectivity index (χ4n) is 2.34. The highest BCUT2D eigenvalue weighted by molar-refractivity contribution is 5.94. The van der Waals surface area contributed by atoms with Gasteiger partial charge in [0.1, 0.15) is 5.69 Å². The molecule has 0 amide bonds. The van der Waals surface area contributed by atoms with Crippen LogP contribution in [0.15, 0.2) is 41.4 Å². The first-order chi connectivity index (χ1) is 11.7. The van der Waals surface area contributed by atoms with E-state index >= 15 is 0 Å². The van der Waals surface area contributed by atoms with Gasteiger partial charge in [-0.05, 0) is 48.2 Å². The minimum Gasteiger partial charge on any atom is -0.369 e. The first kappa shape index (κ1) is 21.8. The molecule has 0 heterocycles. The molecule has 142 valence electrons. The van der Waals surface area contributed by atoms with Crippen LogP contribution in [0.1, 0.15) is 30.5 Å². The predicted octanol–water partition coefficient (Wildman–Crippen LogP) is 5.45. The van der Waals surface area contributed by atoms with Gasteiger partial charge in [0.2, 0.25) is 0 Å². The van der Waals surface area contributed by atoms with Gasteiger partial charge in [-0.15, -0.1) is 12.4 Å². The monoisotopic (exact) mass is 389 g/mol. The summed E-state index contributed by atoms with van der Waals surface area (Å²) in [6, 6.07) is 8.77. The zero-order valence-electron chi connectivity index (χ0n) is 14.3. The van der Waals surface area contributed by atoms with E-state index in [-0.39, 0.29) is 30.4 Å². The van der Waals surface area contributed by atoms with Crippen LogP contribution in [0.5, 0.6) is 0 Å². The molecule has 0 spiro atoms. The number of nitrogens with two attached hydrogens (primary N) is 1. The third-order valence-electron chi connectivity index (χ3n) is 3.69. The molecule has 26 heavy (non-hydrogen) atoms. The van der Waals surface area contributed by atoms with Crippen molar-refractivity contribution in [1.29, 1.82) is 0 Å². The van der Waals surface area contributed by atoms with E-state index in [2.05, 4.69) is 10.3 Å². The van der Waals surface area contributed by atoms with Gasteiger partial charge in [-0.25, -0.2) is 9.38 Å².